The van der Waals surface area contributed by atoms with E-state index in [0.717, 1.165) is 56.1 Å². The summed E-state index contributed by atoms with van der Waals surface area (Å²) in [5.41, 5.74) is 1.10. The Morgan fingerprint density at radius 3 is 2.13 bits per heavy atom. The lowest BCUT2D eigenvalue weighted by Gasteiger charge is -2.36. The fourth-order valence-electron chi connectivity index (χ4n) is 3.12. The molecule has 11 heteroatoms. The van der Waals surface area contributed by atoms with Gasteiger partial charge in [0.15, 0.2) is 0 Å². The van der Waals surface area contributed by atoms with Crippen LogP contribution in [0.15, 0.2) is 53.4 Å². The maximum atomic E-state index is 12.3. The molecule has 164 valence electrons. The van der Waals surface area contributed by atoms with Crippen molar-refractivity contribution in [1.29, 1.82) is 0 Å². The molecular formula is C19H21ClF3N3O3S. The van der Waals surface area contributed by atoms with Gasteiger partial charge in [-0.05, 0) is 48.5 Å². The summed E-state index contributed by atoms with van der Waals surface area (Å²) in [5.74, 6) is -0.472. The summed E-state index contributed by atoms with van der Waals surface area (Å²) < 4.78 is 67.4. The normalized spacial score (nSPS) is 15.9. The van der Waals surface area contributed by atoms with Crippen LogP contribution in [-0.2, 0) is 10.0 Å². The molecule has 2 aromatic carbocycles. The van der Waals surface area contributed by atoms with Crippen molar-refractivity contribution in [3.63, 3.8) is 0 Å². The molecule has 0 radical (unpaired) electrons. The van der Waals surface area contributed by atoms with Crippen LogP contribution in [0.1, 0.15) is 0 Å². The fourth-order valence-corrected chi connectivity index (χ4v) is 4.27. The summed E-state index contributed by atoms with van der Waals surface area (Å²) in [6.07, 6.45) is -4.82. The van der Waals surface area contributed by atoms with Crippen LogP contribution in [0, 0.1) is 0 Å². The van der Waals surface area contributed by atoms with Gasteiger partial charge in [0.25, 0.3) is 0 Å². The lowest BCUT2D eigenvalue weighted by Crippen LogP contribution is -2.48. The van der Waals surface area contributed by atoms with Gasteiger partial charge in [0.05, 0.1) is 4.90 Å². The van der Waals surface area contributed by atoms with Crippen LogP contribution in [-0.4, -0.2) is 58.9 Å². The first-order chi connectivity index (χ1) is 14.1. The molecule has 0 saturated carbocycles. The van der Waals surface area contributed by atoms with Crippen LogP contribution in [0.2, 0.25) is 5.02 Å². The topological polar surface area (TPSA) is 61.9 Å². The Morgan fingerprint density at radius 2 is 1.57 bits per heavy atom. The van der Waals surface area contributed by atoms with Crippen molar-refractivity contribution in [2.75, 3.05) is 44.2 Å². The molecule has 0 atom stereocenters. The van der Waals surface area contributed by atoms with E-state index in [4.69, 9.17) is 11.6 Å². The average Bonchev–Trinajstić information content (AvgIpc) is 2.68. The lowest BCUT2D eigenvalue weighted by atomic mass is 10.2. The SMILES string of the molecule is O=S(=O)(NCCN1CCN(c2ccc(Cl)cc2)CC1)c1ccc(OC(F)(F)F)cc1. The molecular weight excluding hydrogens is 443 g/mol. The zero-order valence-corrected chi connectivity index (χ0v) is 17.5. The Morgan fingerprint density at radius 1 is 0.967 bits per heavy atom. The number of hydrogen-bond acceptors (Lipinski definition) is 5. The number of nitrogens with one attached hydrogen (secondary N) is 1. The molecule has 0 aromatic heterocycles. The van der Waals surface area contributed by atoms with Crippen LogP contribution in [0.25, 0.3) is 0 Å². The number of rotatable bonds is 7. The zero-order valence-electron chi connectivity index (χ0n) is 15.9. The van der Waals surface area contributed by atoms with Crippen molar-refractivity contribution >= 4 is 27.3 Å². The van der Waals surface area contributed by atoms with Crippen molar-refractivity contribution in [2.45, 2.75) is 11.3 Å². The van der Waals surface area contributed by atoms with Gasteiger partial charge in [0, 0.05) is 50.0 Å². The number of alkyl halides is 3. The minimum atomic E-state index is -4.82. The summed E-state index contributed by atoms with van der Waals surface area (Å²) in [5, 5.41) is 0.687. The van der Waals surface area contributed by atoms with Crippen molar-refractivity contribution in [3.05, 3.63) is 53.6 Å². The number of ether oxygens (including phenoxy) is 1. The van der Waals surface area contributed by atoms with Gasteiger partial charge in [0.1, 0.15) is 5.75 Å². The Bertz CT molecular complexity index is 930. The van der Waals surface area contributed by atoms with Gasteiger partial charge < -0.3 is 9.64 Å². The smallest absolute Gasteiger partial charge is 0.406 e. The molecule has 1 fully saturated rings. The van der Waals surface area contributed by atoms with Gasteiger partial charge in [0.2, 0.25) is 10.0 Å². The van der Waals surface area contributed by atoms with E-state index in [9.17, 15) is 21.6 Å². The van der Waals surface area contributed by atoms with Gasteiger partial charge in [-0.2, -0.15) is 0 Å². The molecule has 1 saturated heterocycles. The minimum absolute atomic E-state index is 0.121. The van der Waals surface area contributed by atoms with Gasteiger partial charge in [-0.1, -0.05) is 11.6 Å². The second-order valence-electron chi connectivity index (χ2n) is 6.72. The molecule has 3 rings (SSSR count). The highest BCUT2D eigenvalue weighted by molar-refractivity contribution is 7.89. The molecule has 2 aromatic rings. The first-order valence-electron chi connectivity index (χ1n) is 9.21. The van der Waals surface area contributed by atoms with Gasteiger partial charge in [-0.3, -0.25) is 4.90 Å². The van der Waals surface area contributed by atoms with Crippen LogP contribution in [0.5, 0.6) is 5.75 Å². The minimum Gasteiger partial charge on any atom is -0.406 e. The number of sulfonamides is 1. The molecule has 0 amide bonds. The highest BCUT2D eigenvalue weighted by Crippen LogP contribution is 2.24. The van der Waals surface area contributed by atoms with Crippen LogP contribution in [0.4, 0.5) is 18.9 Å². The number of nitrogens with zero attached hydrogens (tertiary/aromatic N) is 2. The Labute approximate surface area is 178 Å². The molecule has 1 aliphatic heterocycles. The van der Waals surface area contributed by atoms with Gasteiger partial charge >= 0.3 is 6.36 Å². The second kappa shape index (κ2) is 9.42. The largest absolute Gasteiger partial charge is 0.573 e. The van der Waals surface area contributed by atoms with E-state index in [0.29, 0.717) is 11.6 Å². The maximum Gasteiger partial charge on any atom is 0.573 e. The molecule has 0 unspecified atom stereocenters. The van der Waals surface area contributed by atoms with E-state index in [1.54, 1.807) is 0 Å². The lowest BCUT2D eigenvalue weighted by molar-refractivity contribution is -0.274. The standard InChI is InChI=1S/C19H21ClF3N3O3S/c20-15-1-3-16(4-2-15)26-13-11-25(12-14-26)10-9-24-30(27,28)18-7-5-17(6-8-18)29-19(21,22)23/h1-8,24H,9-14H2. The van der Waals surface area contributed by atoms with E-state index in [2.05, 4.69) is 19.3 Å². The zero-order chi connectivity index (χ0) is 21.8. The quantitative estimate of drug-likeness (QED) is 0.682. The van der Waals surface area contributed by atoms with Gasteiger partial charge in [-0.25, -0.2) is 13.1 Å². The first kappa shape index (κ1) is 22.7. The third-order valence-corrected chi connectivity index (χ3v) is 6.38. The Hall–Kier alpha value is -2.01. The van der Waals surface area contributed by atoms with E-state index in [1.165, 1.54) is 0 Å². The van der Waals surface area contributed by atoms with Crippen LogP contribution >= 0.6 is 11.6 Å². The Balaban J connectivity index is 1.45. The number of piperazine rings is 1. The molecule has 1 aliphatic rings. The molecule has 1 heterocycles. The van der Waals surface area contributed by atoms with E-state index >= 15 is 0 Å². The molecule has 1 N–H and O–H groups in total. The third-order valence-electron chi connectivity index (χ3n) is 4.65. The molecule has 6 nitrogen and oxygen atoms in total. The van der Waals surface area contributed by atoms with Crippen LogP contribution < -0.4 is 14.4 Å². The van der Waals surface area contributed by atoms with E-state index < -0.39 is 22.1 Å². The first-order valence-corrected chi connectivity index (χ1v) is 11.1. The third kappa shape index (κ3) is 6.49. The highest BCUT2D eigenvalue weighted by atomic mass is 35.5. The summed E-state index contributed by atoms with van der Waals surface area (Å²) in [4.78, 5) is 4.26. The van der Waals surface area contributed by atoms with Gasteiger partial charge in [-0.15, -0.1) is 13.2 Å². The van der Waals surface area contributed by atoms with E-state index in [1.807, 2.05) is 24.3 Å². The summed E-state index contributed by atoms with van der Waals surface area (Å²) in [6, 6.07) is 11.7. The number of halogens is 4. The van der Waals surface area contributed by atoms with Crippen LogP contribution in [0.3, 0.4) is 0 Å². The summed E-state index contributed by atoms with van der Waals surface area (Å²) in [7, 11) is -3.82. The summed E-state index contributed by atoms with van der Waals surface area (Å²) >= 11 is 5.91. The molecule has 30 heavy (non-hydrogen) atoms. The predicted octanol–water partition coefficient (Wildman–Crippen LogP) is 3.34. The number of anilines is 1. The molecule has 0 aliphatic carbocycles. The van der Waals surface area contributed by atoms with Crippen molar-refractivity contribution < 1.29 is 26.3 Å². The van der Waals surface area contributed by atoms with E-state index in [-0.39, 0.29) is 11.4 Å². The summed E-state index contributed by atoms with van der Waals surface area (Å²) in [6.45, 7) is 3.93. The monoisotopic (exact) mass is 463 g/mol. The maximum absolute atomic E-state index is 12.3. The highest BCUT2D eigenvalue weighted by Gasteiger charge is 2.31. The van der Waals surface area contributed by atoms with Crippen molar-refractivity contribution in [1.82, 2.24) is 9.62 Å². The number of hydrogen-bond donors (Lipinski definition) is 1. The molecule has 0 bridgehead atoms. The average molecular weight is 464 g/mol. The second-order valence-corrected chi connectivity index (χ2v) is 8.93. The predicted molar refractivity (Wildman–Crippen MR) is 108 cm³/mol. The van der Waals surface area contributed by atoms with Crippen molar-refractivity contribution in [2.24, 2.45) is 0 Å². The Kier molecular flexibility index (Phi) is 7.12. The van der Waals surface area contributed by atoms with Crippen molar-refractivity contribution in [3.8, 4) is 5.75 Å². The fraction of sp³-hybridized carbons (Fsp3) is 0.368. The molecule has 0 spiro atoms. The number of benzene rings is 2.